The van der Waals surface area contributed by atoms with E-state index in [0.29, 0.717) is 0 Å². The van der Waals surface area contributed by atoms with Crippen LogP contribution in [0, 0.1) is 17.8 Å². The summed E-state index contributed by atoms with van der Waals surface area (Å²) in [6, 6.07) is 0. The van der Waals surface area contributed by atoms with Crippen molar-refractivity contribution in [2.24, 2.45) is 17.8 Å². The van der Waals surface area contributed by atoms with Gasteiger partial charge in [-0.25, -0.2) is 0 Å². The lowest BCUT2D eigenvalue weighted by Gasteiger charge is -2.31. The number of hydrogen-bond acceptors (Lipinski definition) is 1. The molecule has 0 aliphatic carbocycles. The van der Waals surface area contributed by atoms with Crippen LogP contribution in [0.2, 0.25) is 0 Å². The largest absolute Gasteiger partial charge is 0.381 e. The molecule has 1 heterocycles. The fourth-order valence-corrected chi connectivity index (χ4v) is 1.72. The molecule has 2 atom stereocenters. The van der Waals surface area contributed by atoms with Crippen molar-refractivity contribution in [3.05, 3.63) is 0 Å². The predicted molar refractivity (Wildman–Crippen MR) is 42.9 cm³/mol. The summed E-state index contributed by atoms with van der Waals surface area (Å²) < 4.78 is 5.41. The van der Waals surface area contributed by atoms with Crippen LogP contribution < -0.4 is 0 Å². The Labute approximate surface area is 63.8 Å². The van der Waals surface area contributed by atoms with Crippen molar-refractivity contribution in [2.45, 2.75) is 27.2 Å². The summed E-state index contributed by atoms with van der Waals surface area (Å²) in [5, 5.41) is 0. The minimum atomic E-state index is 0.787. The molecule has 1 aliphatic rings. The van der Waals surface area contributed by atoms with Crippen molar-refractivity contribution in [1.82, 2.24) is 0 Å². The maximum Gasteiger partial charge on any atom is 0.0499 e. The molecule has 10 heavy (non-hydrogen) atoms. The van der Waals surface area contributed by atoms with E-state index < -0.39 is 0 Å². The average Bonchev–Trinajstić information content (AvgIpc) is 1.88. The van der Waals surface area contributed by atoms with Crippen LogP contribution in [-0.2, 0) is 4.74 Å². The summed E-state index contributed by atoms with van der Waals surface area (Å²) in [6.07, 6.45) is 1.25. The molecule has 0 N–H and O–H groups in total. The number of hydrogen-bond donors (Lipinski definition) is 0. The molecule has 0 aromatic rings. The smallest absolute Gasteiger partial charge is 0.0499 e. The van der Waals surface area contributed by atoms with Crippen LogP contribution in [0.3, 0.4) is 0 Å². The van der Waals surface area contributed by atoms with E-state index in [1.165, 1.54) is 6.42 Å². The Morgan fingerprint density at radius 1 is 1.40 bits per heavy atom. The zero-order chi connectivity index (χ0) is 7.56. The molecule has 0 bridgehead atoms. The van der Waals surface area contributed by atoms with E-state index in [2.05, 4.69) is 20.8 Å². The molecule has 1 nitrogen and oxygen atoms in total. The highest BCUT2D eigenvalue weighted by molar-refractivity contribution is 4.72. The van der Waals surface area contributed by atoms with Crippen molar-refractivity contribution >= 4 is 0 Å². The summed E-state index contributed by atoms with van der Waals surface area (Å²) in [7, 11) is 0. The maximum absolute atomic E-state index is 5.41. The molecule has 1 aliphatic heterocycles. The van der Waals surface area contributed by atoms with Crippen molar-refractivity contribution in [2.75, 3.05) is 13.2 Å². The normalized spacial score (nSPS) is 34.8. The van der Waals surface area contributed by atoms with Gasteiger partial charge in [-0.1, -0.05) is 20.8 Å². The van der Waals surface area contributed by atoms with Gasteiger partial charge in [0.15, 0.2) is 0 Å². The Hall–Kier alpha value is -0.0400. The number of rotatable bonds is 1. The zero-order valence-electron chi connectivity index (χ0n) is 7.26. The van der Waals surface area contributed by atoms with Gasteiger partial charge in [-0.3, -0.25) is 0 Å². The molecule has 1 fully saturated rings. The van der Waals surface area contributed by atoms with E-state index in [0.717, 1.165) is 31.0 Å². The monoisotopic (exact) mass is 142 g/mol. The standard InChI is InChI=1S/C9H18O/c1-7(2)9-6-10-5-4-8(9)3/h7-9H,4-6H2,1-3H3/t8-,9-/m1/s1. The Morgan fingerprint density at radius 2 is 2.10 bits per heavy atom. The van der Waals surface area contributed by atoms with Crippen LogP contribution in [0.15, 0.2) is 0 Å². The van der Waals surface area contributed by atoms with E-state index in [4.69, 9.17) is 4.74 Å². The molecule has 1 rings (SSSR count). The summed E-state index contributed by atoms with van der Waals surface area (Å²) in [5.74, 6) is 2.46. The van der Waals surface area contributed by atoms with Crippen LogP contribution in [0.25, 0.3) is 0 Å². The molecular formula is C9H18O. The van der Waals surface area contributed by atoms with E-state index in [1.54, 1.807) is 0 Å². The molecule has 60 valence electrons. The first-order valence-corrected chi connectivity index (χ1v) is 4.29. The van der Waals surface area contributed by atoms with Crippen LogP contribution in [0.1, 0.15) is 27.2 Å². The van der Waals surface area contributed by atoms with Gasteiger partial charge in [0.05, 0.1) is 0 Å². The van der Waals surface area contributed by atoms with Gasteiger partial charge in [0, 0.05) is 13.2 Å². The van der Waals surface area contributed by atoms with Crippen LogP contribution >= 0.6 is 0 Å². The van der Waals surface area contributed by atoms with Crippen LogP contribution in [0.4, 0.5) is 0 Å². The average molecular weight is 142 g/mol. The summed E-state index contributed by atoms with van der Waals surface area (Å²) in [5.41, 5.74) is 0. The third-order valence-electron chi connectivity index (χ3n) is 2.62. The molecule has 0 saturated carbocycles. The van der Waals surface area contributed by atoms with Gasteiger partial charge in [-0.05, 0) is 24.2 Å². The van der Waals surface area contributed by atoms with Crippen molar-refractivity contribution in [3.8, 4) is 0 Å². The first-order valence-electron chi connectivity index (χ1n) is 4.29. The van der Waals surface area contributed by atoms with Crippen molar-refractivity contribution in [1.29, 1.82) is 0 Å². The molecule has 0 amide bonds. The van der Waals surface area contributed by atoms with Gasteiger partial charge in [-0.2, -0.15) is 0 Å². The topological polar surface area (TPSA) is 9.23 Å². The third-order valence-corrected chi connectivity index (χ3v) is 2.62. The van der Waals surface area contributed by atoms with Gasteiger partial charge in [0.25, 0.3) is 0 Å². The lowest BCUT2D eigenvalue weighted by molar-refractivity contribution is 0.00386. The first-order chi connectivity index (χ1) is 4.72. The molecule has 1 heteroatoms. The van der Waals surface area contributed by atoms with Crippen LogP contribution in [-0.4, -0.2) is 13.2 Å². The molecule has 0 aromatic carbocycles. The lowest BCUT2D eigenvalue weighted by Crippen LogP contribution is -2.29. The quantitative estimate of drug-likeness (QED) is 0.546. The first kappa shape index (κ1) is 8.06. The zero-order valence-corrected chi connectivity index (χ0v) is 7.26. The minimum Gasteiger partial charge on any atom is -0.381 e. The minimum absolute atomic E-state index is 0.787. The Bertz CT molecular complexity index is 98.9. The molecule has 0 spiro atoms. The molecule has 0 aromatic heterocycles. The van der Waals surface area contributed by atoms with Crippen molar-refractivity contribution in [3.63, 3.8) is 0 Å². The highest BCUT2D eigenvalue weighted by Gasteiger charge is 2.24. The van der Waals surface area contributed by atoms with Gasteiger partial charge in [0.1, 0.15) is 0 Å². The van der Waals surface area contributed by atoms with E-state index in [9.17, 15) is 0 Å². The highest BCUT2D eigenvalue weighted by atomic mass is 16.5. The van der Waals surface area contributed by atoms with Crippen LogP contribution in [0.5, 0.6) is 0 Å². The second-order valence-corrected chi connectivity index (χ2v) is 3.75. The summed E-state index contributed by atoms with van der Waals surface area (Å²) in [4.78, 5) is 0. The molecular weight excluding hydrogens is 124 g/mol. The van der Waals surface area contributed by atoms with Gasteiger partial charge >= 0.3 is 0 Å². The SMILES string of the molecule is CC(C)[C@H]1COCC[C@H]1C. The second-order valence-electron chi connectivity index (χ2n) is 3.75. The Morgan fingerprint density at radius 3 is 2.50 bits per heavy atom. The number of ether oxygens (including phenoxy) is 1. The van der Waals surface area contributed by atoms with E-state index >= 15 is 0 Å². The molecule has 0 radical (unpaired) electrons. The molecule has 0 unspecified atom stereocenters. The van der Waals surface area contributed by atoms with Gasteiger partial charge < -0.3 is 4.74 Å². The van der Waals surface area contributed by atoms with Gasteiger partial charge in [-0.15, -0.1) is 0 Å². The van der Waals surface area contributed by atoms with Crippen molar-refractivity contribution < 1.29 is 4.74 Å². The van der Waals surface area contributed by atoms with E-state index in [1.807, 2.05) is 0 Å². The van der Waals surface area contributed by atoms with E-state index in [-0.39, 0.29) is 0 Å². The highest BCUT2D eigenvalue weighted by Crippen LogP contribution is 2.27. The lowest BCUT2D eigenvalue weighted by atomic mass is 9.82. The molecule has 1 saturated heterocycles. The Kier molecular flexibility index (Phi) is 2.72. The summed E-state index contributed by atoms with van der Waals surface area (Å²) >= 11 is 0. The summed E-state index contributed by atoms with van der Waals surface area (Å²) in [6.45, 7) is 8.88. The maximum atomic E-state index is 5.41. The predicted octanol–water partition coefficient (Wildman–Crippen LogP) is 2.32. The third kappa shape index (κ3) is 1.72. The van der Waals surface area contributed by atoms with Gasteiger partial charge in [0.2, 0.25) is 0 Å². The second kappa shape index (κ2) is 3.38. The Balaban J connectivity index is 2.40. The fraction of sp³-hybridized carbons (Fsp3) is 1.00. The fourth-order valence-electron chi connectivity index (χ4n) is 1.72.